The van der Waals surface area contributed by atoms with Crippen LogP contribution in [0.2, 0.25) is 0 Å². The van der Waals surface area contributed by atoms with Gasteiger partial charge in [-0.2, -0.15) is 0 Å². The van der Waals surface area contributed by atoms with Crippen molar-refractivity contribution < 1.29 is 24.1 Å². The number of ether oxygens (including phenoxy) is 3. The van der Waals surface area contributed by atoms with E-state index in [0.717, 1.165) is 16.7 Å². The van der Waals surface area contributed by atoms with Gasteiger partial charge in [-0.3, -0.25) is 4.79 Å². The highest BCUT2D eigenvalue weighted by Crippen LogP contribution is 2.28. The molecule has 32 heavy (non-hydrogen) atoms. The number of rotatable bonds is 9. The van der Waals surface area contributed by atoms with Crippen LogP contribution < -0.4 is 0 Å². The van der Waals surface area contributed by atoms with Gasteiger partial charge in [-0.15, -0.1) is 0 Å². The summed E-state index contributed by atoms with van der Waals surface area (Å²) in [5.74, 6) is -0.175. The maximum absolute atomic E-state index is 12.8. The highest BCUT2D eigenvalue weighted by Gasteiger charge is 2.46. The highest BCUT2D eigenvalue weighted by molar-refractivity contribution is 5.85. The molecule has 0 spiro atoms. The summed E-state index contributed by atoms with van der Waals surface area (Å²) in [6.45, 7) is 0.888. The molecule has 0 heterocycles. The molecule has 166 valence electrons. The zero-order chi connectivity index (χ0) is 22.2. The van der Waals surface area contributed by atoms with E-state index in [1.165, 1.54) is 0 Å². The van der Waals surface area contributed by atoms with Gasteiger partial charge < -0.3 is 19.3 Å². The van der Waals surface area contributed by atoms with Crippen molar-refractivity contribution in [1.82, 2.24) is 0 Å². The van der Waals surface area contributed by atoms with Crippen molar-refractivity contribution in [2.45, 2.75) is 50.7 Å². The summed E-state index contributed by atoms with van der Waals surface area (Å²) in [6.07, 6.45) is -3.20. The topological polar surface area (TPSA) is 65.0 Å². The molecule has 5 nitrogen and oxygen atoms in total. The van der Waals surface area contributed by atoms with Gasteiger partial charge in [-0.1, -0.05) is 91.0 Å². The van der Waals surface area contributed by atoms with Crippen molar-refractivity contribution in [1.29, 1.82) is 0 Å². The first-order valence-corrected chi connectivity index (χ1v) is 10.9. The van der Waals surface area contributed by atoms with Crippen LogP contribution in [0.5, 0.6) is 0 Å². The van der Waals surface area contributed by atoms with E-state index >= 15 is 0 Å². The average Bonchev–Trinajstić information content (AvgIpc) is 2.83. The molecule has 1 N–H and O–H groups in total. The Labute approximate surface area is 188 Å². The minimum absolute atomic E-state index is 0.0237. The summed E-state index contributed by atoms with van der Waals surface area (Å²) in [5.41, 5.74) is 2.93. The second kappa shape index (κ2) is 11.2. The Morgan fingerprint density at radius 3 is 1.50 bits per heavy atom. The molecule has 4 atom stereocenters. The predicted molar refractivity (Wildman–Crippen MR) is 121 cm³/mol. The highest BCUT2D eigenvalue weighted by atomic mass is 16.6. The summed E-state index contributed by atoms with van der Waals surface area (Å²) >= 11 is 0. The Morgan fingerprint density at radius 2 is 1.03 bits per heavy atom. The summed E-state index contributed by atoms with van der Waals surface area (Å²) in [5, 5.41) is 10.7. The van der Waals surface area contributed by atoms with Gasteiger partial charge in [0.05, 0.1) is 25.9 Å². The SMILES string of the molecule is O=C1C[C@H](O)[C@@H](OCc2ccccc2)[C@@H](OCc2ccccc2)[C@@H]1OCc1ccccc1. The van der Waals surface area contributed by atoms with Gasteiger partial charge in [-0.05, 0) is 16.7 Å². The van der Waals surface area contributed by atoms with E-state index in [2.05, 4.69) is 0 Å². The lowest BCUT2D eigenvalue weighted by molar-refractivity contribution is -0.201. The third kappa shape index (κ3) is 5.90. The van der Waals surface area contributed by atoms with E-state index in [4.69, 9.17) is 14.2 Å². The van der Waals surface area contributed by atoms with Crippen LogP contribution in [0.1, 0.15) is 23.1 Å². The quantitative estimate of drug-likeness (QED) is 0.552. The molecular formula is C27H28O5. The summed E-state index contributed by atoms with van der Waals surface area (Å²) in [4.78, 5) is 12.8. The summed E-state index contributed by atoms with van der Waals surface area (Å²) in [7, 11) is 0. The van der Waals surface area contributed by atoms with Crippen LogP contribution in [-0.2, 0) is 38.8 Å². The first kappa shape index (κ1) is 22.4. The van der Waals surface area contributed by atoms with E-state index in [1.807, 2.05) is 91.0 Å². The van der Waals surface area contributed by atoms with Crippen LogP contribution in [0.4, 0.5) is 0 Å². The molecule has 0 bridgehead atoms. The molecule has 0 radical (unpaired) electrons. The molecule has 0 aliphatic heterocycles. The monoisotopic (exact) mass is 432 g/mol. The molecular weight excluding hydrogens is 404 g/mol. The standard InChI is InChI=1S/C27H28O5/c28-23-16-24(29)26(31-18-21-12-6-2-7-13-21)27(32-19-22-14-8-3-9-15-22)25(23)30-17-20-10-4-1-5-11-20/h1-15,23,25-28H,16-19H2/t23-,25+,26+,27+/m0/s1. The lowest BCUT2D eigenvalue weighted by Gasteiger charge is -2.39. The van der Waals surface area contributed by atoms with Crippen molar-refractivity contribution in [2.24, 2.45) is 0 Å². The average molecular weight is 433 g/mol. The number of hydrogen-bond acceptors (Lipinski definition) is 5. The smallest absolute Gasteiger partial charge is 0.167 e. The fraction of sp³-hybridized carbons (Fsp3) is 0.296. The van der Waals surface area contributed by atoms with E-state index in [0.29, 0.717) is 13.2 Å². The fourth-order valence-electron chi connectivity index (χ4n) is 3.88. The second-order valence-electron chi connectivity index (χ2n) is 7.98. The number of ketones is 1. The van der Waals surface area contributed by atoms with Gasteiger partial charge in [0.15, 0.2) is 5.78 Å². The maximum Gasteiger partial charge on any atom is 0.167 e. The third-order valence-electron chi connectivity index (χ3n) is 5.57. The Morgan fingerprint density at radius 1 is 0.625 bits per heavy atom. The summed E-state index contributed by atoms with van der Waals surface area (Å²) < 4.78 is 18.3. The third-order valence-corrected chi connectivity index (χ3v) is 5.57. The number of carbonyl (C=O) groups excluding carboxylic acids is 1. The number of benzene rings is 3. The van der Waals surface area contributed by atoms with Gasteiger partial charge in [0.2, 0.25) is 0 Å². The van der Waals surface area contributed by atoms with Crippen LogP contribution in [-0.4, -0.2) is 35.3 Å². The van der Waals surface area contributed by atoms with Gasteiger partial charge in [0.1, 0.15) is 18.3 Å². The largest absolute Gasteiger partial charge is 0.390 e. The Bertz CT molecular complexity index is 961. The lowest BCUT2D eigenvalue weighted by Crippen LogP contribution is -2.57. The predicted octanol–water partition coefficient (Wildman–Crippen LogP) is 4.08. The van der Waals surface area contributed by atoms with E-state index in [-0.39, 0.29) is 18.8 Å². The lowest BCUT2D eigenvalue weighted by atomic mass is 9.88. The Balaban J connectivity index is 1.51. The Hall–Kier alpha value is -2.83. The number of aliphatic hydroxyl groups excluding tert-OH is 1. The van der Waals surface area contributed by atoms with Gasteiger partial charge in [0.25, 0.3) is 0 Å². The number of aliphatic hydroxyl groups is 1. The number of carbonyl (C=O) groups is 1. The van der Waals surface area contributed by atoms with E-state index < -0.39 is 24.4 Å². The molecule has 0 aromatic heterocycles. The minimum atomic E-state index is -0.955. The fourth-order valence-corrected chi connectivity index (χ4v) is 3.88. The molecule has 1 aliphatic carbocycles. The van der Waals surface area contributed by atoms with Gasteiger partial charge in [0, 0.05) is 6.42 Å². The first-order valence-electron chi connectivity index (χ1n) is 10.9. The molecule has 1 fully saturated rings. The van der Waals surface area contributed by atoms with E-state index in [1.54, 1.807) is 0 Å². The molecule has 3 aromatic carbocycles. The number of hydrogen-bond donors (Lipinski definition) is 1. The molecule has 1 saturated carbocycles. The molecule has 0 unspecified atom stereocenters. The second-order valence-corrected chi connectivity index (χ2v) is 7.98. The molecule has 0 saturated heterocycles. The zero-order valence-electron chi connectivity index (χ0n) is 17.9. The van der Waals surface area contributed by atoms with Crippen molar-refractivity contribution in [3.05, 3.63) is 108 Å². The van der Waals surface area contributed by atoms with Crippen LogP contribution in [0.25, 0.3) is 0 Å². The zero-order valence-corrected chi connectivity index (χ0v) is 17.9. The first-order chi connectivity index (χ1) is 15.7. The molecule has 4 rings (SSSR count). The minimum Gasteiger partial charge on any atom is -0.390 e. The van der Waals surface area contributed by atoms with Crippen LogP contribution in [0, 0.1) is 0 Å². The van der Waals surface area contributed by atoms with E-state index in [9.17, 15) is 9.90 Å². The molecule has 3 aromatic rings. The van der Waals surface area contributed by atoms with Gasteiger partial charge >= 0.3 is 0 Å². The van der Waals surface area contributed by atoms with Crippen molar-refractivity contribution in [2.75, 3.05) is 0 Å². The Kier molecular flexibility index (Phi) is 7.80. The van der Waals surface area contributed by atoms with Crippen molar-refractivity contribution >= 4 is 5.78 Å². The van der Waals surface area contributed by atoms with Crippen molar-refractivity contribution in [3.8, 4) is 0 Å². The maximum atomic E-state index is 12.8. The summed E-state index contributed by atoms with van der Waals surface area (Å²) in [6, 6.07) is 29.2. The van der Waals surface area contributed by atoms with Gasteiger partial charge in [-0.25, -0.2) is 0 Å². The van der Waals surface area contributed by atoms with Crippen LogP contribution >= 0.6 is 0 Å². The van der Waals surface area contributed by atoms with Crippen molar-refractivity contribution in [3.63, 3.8) is 0 Å². The van der Waals surface area contributed by atoms with Crippen LogP contribution in [0.15, 0.2) is 91.0 Å². The normalized spacial score (nSPS) is 23.2. The molecule has 5 heteroatoms. The number of Topliss-reactive ketones (excluding diaryl/α,β-unsaturated/α-hetero) is 1. The molecule has 0 amide bonds. The molecule has 1 aliphatic rings. The van der Waals surface area contributed by atoms with Crippen LogP contribution in [0.3, 0.4) is 0 Å².